The van der Waals surface area contributed by atoms with Crippen molar-refractivity contribution in [3.05, 3.63) is 22.7 Å². The molecule has 5 nitrogen and oxygen atoms in total. The molecular formula is C13H15BrClNO4S. The minimum atomic E-state index is -3.78. The molecule has 116 valence electrons. The summed E-state index contributed by atoms with van der Waals surface area (Å²) >= 11 is 3.21. The lowest BCUT2D eigenvalue weighted by molar-refractivity contribution is -0.134. The number of rotatable bonds is 4. The standard InChI is InChI=1S/C13H15BrClNO4S/c14-11-8-10(21(15,18)19)4-5-12(11)20-9-13(17)16-6-2-1-3-7-16/h4-5,8H,1-3,6-7,9H2. The summed E-state index contributed by atoms with van der Waals surface area (Å²) in [6, 6.07) is 4.17. The van der Waals surface area contributed by atoms with Gasteiger partial charge in [0.1, 0.15) is 5.75 Å². The van der Waals surface area contributed by atoms with Gasteiger partial charge in [0.25, 0.3) is 15.0 Å². The van der Waals surface area contributed by atoms with E-state index in [1.807, 2.05) is 0 Å². The van der Waals surface area contributed by atoms with Crippen LogP contribution in [0.1, 0.15) is 19.3 Å². The van der Waals surface area contributed by atoms with Gasteiger partial charge in [-0.25, -0.2) is 8.42 Å². The zero-order valence-corrected chi connectivity index (χ0v) is 14.4. The Morgan fingerprint density at radius 1 is 1.29 bits per heavy atom. The smallest absolute Gasteiger partial charge is 0.261 e. The second-order valence-electron chi connectivity index (χ2n) is 4.76. The molecule has 8 heteroatoms. The first-order chi connectivity index (χ1) is 9.88. The molecule has 0 unspecified atom stereocenters. The van der Waals surface area contributed by atoms with Crippen LogP contribution in [0.3, 0.4) is 0 Å². The number of benzene rings is 1. The quantitative estimate of drug-likeness (QED) is 0.734. The Hall–Kier alpha value is -0.790. The molecule has 0 N–H and O–H groups in total. The molecule has 0 aliphatic carbocycles. The average Bonchev–Trinajstić information content (AvgIpc) is 2.45. The lowest BCUT2D eigenvalue weighted by Gasteiger charge is -2.26. The van der Waals surface area contributed by atoms with Gasteiger partial charge < -0.3 is 9.64 Å². The molecule has 1 saturated heterocycles. The third-order valence-corrected chi connectivity index (χ3v) is 5.22. The number of hydrogen-bond acceptors (Lipinski definition) is 4. The maximum atomic E-state index is 12.0. The van der Waals surface area contributed by atoms with Crippen molar-refractivity contribution in [2.75, 3.05) is 19.7 Å². The second-order valence-corrected chi connectivity index (χ2v) is 8.18. The van der Waals surface area contributed by atoms with Gasteiger partial charge in [0.15, 0.2) is 6.61 Å². The highest BCUT2D eigenvalue weighted by Crippen LogP contribution is 2.29. The van der Waals surface area contributed by atoms with Gasteiger partial charge in [-0.3, -0.25) is 4.79 Å². The number of halogens is 2. The predicted molar refractivity (Wildman–Crippen MR) is 83.1 cm³/mol. The Morgan fingerprint density at radius 2 is 1.95 bits per heavy atom. The van der Waals surface area contributed by atoms with Gasteiger partial charge in [-0.2, -0.15) is 0 Å². The van der Waals surface area contributed by atoms with E-state index in [2.05, 4.69) is 15.9 Å². The number of likely N-dealkylation sites (tertiary alicyclic amines) is 1. The minimum absolute atomic E-state index is 0.0225. The van der Waals surface area contributed by atoms with E-state index in [0.29, 0.717) is 10.2 Å². The Kier molecular flexibility index (Phi) is 5.51. The Balaban J connectivity index is 1.98. The first-order valence-corrected chi connectivity index (χ1v) is 9.63. The van der Waals surface area contributed by atoms with Crippen LogP contribution in [-0.2, 0) is 13.8 Å². The predicted octanol–water partition coefficient (Wildman–Crippen LogP) is 2.77. The van der Waals surface area contributed by atoms with E-state index < -0.39 is 9.05 Å². The van der Waals surface area contributed by atoms with Crippen molar-refractivity contribution in [2.24, 2.45) is 0 Å². The lowest BCUT2D eigenvalue weighted by Crippen LogP contribution is -2.38. The van der Waals surface area contributed by atoms with Crippen molar-refractivity contribution in [1.29, 1.82) is 0 Å². The molecule has 1 aromatic rings. The number of carbonyl (C=O) groups excluding carboxylic acids is 1. The molecule has 21 heavy (non-hydrogen) atoms. The highest BCUT2D eigenvalue weighted by atomic mass is 79.9. The van der Waals surface area contributed by atoms with Crippen LogP contribution in [0, 0.1) is 0 Å². The van der Waals surface area contributed by atoms with E-state index in [-0.39, 0.29) is 17.4 Å². The maximum Gasteiger partial charge on any atom is 0.261 e. The molecule has 1 fully saturated rings. The van der Waals surface area contributed by atoms with Gasteiger partial charge in [-0.05, 0) is 53.4 Å². The molecule has 0 bridgehead atoms. The van der Waals surface area contributed by atoms with Crippen LogP contribution in [0.2, 0.25) is 0 Å². The SMILES string of the molecule is O=C(COc1ccc(S(=O)(=O)Cl)cc1Br)N1CCCCC1. The third kappa shape index (κ3) is 4.59. The Morgan fingerprint density at radius 3 is 2.52 bits per heavy atom. The van der Waals surface area contributed by atoms with E-state index in [1.165, 1.54) is 18.2 Å². The van der Waals surface area contributed by atoms with Gasteiger partial charge in [0, 0.05) is 23.8 Å². The zero-order valence-electron chi connectivity index (χ0n) is 11.2. The molecule has 0 aromatic heterocycles. The average molecular weight is 397 g/mol. The third-order valence-electron chi connectivity index (χ3n) is 3.24. The highest BCUT2D eigenvalue weighted by Gasteiger charge is 2.18. The van der Waals surface area contributed by atoms with Gasteiger partial charge in [0.05, 0.1) is 9.37 Å². The summed E-state index contributed by atoms with van der Waals surface area (Å²) in [6.45, 7) is 1.48. The van der Waals surface area contributed by atoms with Gasteiger partial charge in [-0.1, -0.05) is 0 Å². The van der Waals surface area contributed by atoms with Crippen LogP contribution in [0.5, 0.6) is 5.75 Å². The summed E-state index contributed by atoms with van der Waals surface area (Å²) < 4.78 is 28.3. The molecule has 0 radical (unpaired) electrons. The van der Waals surface area contributed by atoms with Crippen molar-refractivity contribution in [2.45, 2.75) is 24.2 Å². The lowest BCUT2D eigenvalue weighted by atomic mass is 10.1. The normalized spacial score (nSPS) is 15.8. The summed E-state index contributed by atoms with van der Waals surface area (Å²) in [5.74, 6) is 0.347. The fourth-order valence-electron chi connectivity index (χ4n) is 2.12. The fraction of sp³-hybridized carbons (Fsp3) is 0.462. The molecule has 2 rings (SSSR count). The van der Waals surface area contributed by atoms with Crippen molar-refractivity contribution in [1.82, 2.24) is 4.90 Å². The number of amides is 1. The summed E-state index contributed by atoms with van der Waals surface area (Å²) in [7, 11) is 1.48. The monoisotopic (exact) mass is 395 g/mol. The summed E-state index contributed by atoms with van der Waals surface area (Å²) in [5, 5.41) is 0. The van der Waals surface area contributed by atoms with E-state index >= 15 is 0 Å². The fourth-order valence-corrected chi connectivity index (χ4v) is 3.55. The largest absolute Gasteiger partial charge is 0.483 e. The number of carbonyl (C=O) groups is 1. The first kappa shape index (κ1) is 16.6. The highest BCUT2D eigenvalue weighted by molar-refractivity contribution is 9.10. The van der Waals surface area contributed by atoms with Crippen LogP contribution < -0.4 is 4.74 Å². The van der Waals surface area contributed by atoms with Crippen LogP contribution in [-0.4, -0.2) is 38.9 Å². The number of ether oxygens (including phenoxy) is 1. The summed E-state index contributed by atoms with van der Waals surface area (Å²) in [6.07, 6.45) is 3.21. The van der Waals surface area contributed by atoms with Gasteiger partial charge in [-0.15, -0.1) is 0 Å². The summed E-state index contributed by atoms with van der Waals surface area (Å²) in [5.41, 5.74) is 0. The van der Waals surface area contributed by atoms with E-state index in [4.69, 9.17) is 15.4 Å². The molecule has 1 amide bonds. The molecule has 1 aliphatic rings. The Bertz CT molecular complexity index is 629. The molecule has 1 heterocycles. The van der Waals surface area contributed by atoms with Crippen molar-refractivity contribution < 1.29 is 17.9 Å². The molecule has 0 atom stereocenters. The Labute approximate surface area is 136 Å². The first-order valence-electron chi connectivity index (χ1n) is 6.53. The molecular weight excluding hydrogens is 382 g/mol. The number of hydrogen-bond donors (Lipinski definition) is 0. The van der Waals surface area contributed by atoms with Crippen molar-refractivity contribution in [3.63, 3.8) is 0 Å². The van der Waals surface area contributed by atoms with E-state index in [1.54, 1.807) is 4.90 Å². The van der Waals surface area contributed by atoms with Crippen LogP contribution in [0.25, 0.3) is 0 Å². The van der Waals surface area contributed by atoms with Crippen LogP contribution in [0.4, 0.5) is 0 Å². The van der Waals surface area contributed by atoms with Crippen LogP contribution >= 0.6 is 26.6 Å². The molecule has 0 saturated carbocycles. The minimum Gasteiger partial charge on any atom is -0.483 e. The van der Waals surface area contributed by atoms with Crippen LogP contribution in [0.15, 0.2) is 27.6 Å². The number of nitrogens with zero attached hydrogens (tertiary/aromatic N) is 1. The van der Waals surface area contributed by atoms with Gasteiger partial charge in [0.2, 0.25) is 0 Å². The van der Waals surface area contributed by atoms with Gasteiger partial charge >= 0.3 is 0 Å². The molecule has 1 aromatic carbocycles. The van der Waals surface area contributed by atoms with Crippen molar-refractivity contribution in [3.8, 4) is 5.75 Å². The topological polar surface area (TPSA) is 63.7 Å². The summed E-state index contributed by atoms with van der Waals surface area (Å²) in [4.78, 5) is 13.7. The van der Waals surface area contributed by atoms with E-state index in [9.17, 15) is 13.2 Å². The maximum absolute atomic E-state index is 12.0. The molecule has 1 aliphatic heterocycles. The molecule has 0 spiro atoms. The number of piperidine rings is 1. The zero-order chi connectivity index (χ0) is 15.5. The second kappa shape index (κ2) is 6.98. The van der Waals surface area contributed by atoms with E-state index in [0.717, 1.165) is 32.4 Å². The van der Waals surface area contributed by atoms with Crippen molar-refractivity contribution >= 4 is 41.6 Å².